The van der Waals surface area contributed by atoms with Crippen LogP contribution in [0.3, 0.4) is 0 Å². The number of aromatic nitrogens is 2. The van der Waals surface area contributed by atoms with Gasteiger partial charge in [-0.3, -0.25) is 15.5 Å². The van der Waals surface area contributed by atoms with Gasteiger partial charge in [-0.2, -0.15) is 0 Å². The number of pyridine rings is 2. The molecule has 0 saturated heterocycles. The molecule has 258 valence electrons. The average Bonchev–Trinajstić information content (AvgIpc) is 2.94. The summed E-state index contributed by atoms with van der Waals surface area (Å²) >= 11 is 0. The second-order valence-corrected chi connectivity index (χ2v) is 13.7. The Labute approximate surface area is 275 Å². The first-order valence-electron chi connectivity index (χ1n) is 15.4. The zero-order chi connectivity index (χ0) is 35.1. The number of carbonyl (C=O) groups is 3. The molecule has 0 atom stereocenters. The van der Waals surface area contributed by atoms with Crippen molar-refractivity contribution in [2.45, 2.75) is 85.0 Å². The van der Waals surface area contributed by atoms with Gasteiger partial charge in [0.25, 0.3) is 0 Å². The normalized spacial score (nSPS) is 17.6. The topological polar surface area (TPSA) is 141 Å². The number of hydrogen-bond acceptors (Lipinski definition) is 9. The molecule has 0 spiro atoms. The lowest BCUT2D eigenvalue weighted by atomic mass is 9.83. The fourth-order valence-corrected chi connectivity index (χ4v) is 5.37. The Bertz CT molecular complexity index is 1750. The molecule has 48 heavy (non-hydrogen) atoms. The van der Waals surface area contributed by atoms with Crippen molar-refractivity contribution in [3.05, 3.63) is 35.9 Å². The summed E-state index contributed by atoms with van der Waals surface area (Å²) in [7, 11) is 0. The lowest BCUT2D eigenvalue weighted by Gasteiger charge is -2.33. The standard InChI is InChI=1S/C33H38F3N5O7/c1-16-21(14-38-28-26(16)41(8-9-45-28)31(44)48-33(5,6)7)20-12-17-13-23(39-29(42)46-19-10-18(11-19)27(35)36)37-15-22(17)25(24(20)34)40-30(43)47-32(2,3)4/h12-15,18-19,27H,8-11H2,1-7H3,(H,40,43)(H,37,39,42). The zero-order valence-corrected chi connectivity index (χ0v) is 27.7. The van der Waals surface area contributed by atoms with Gasteiger partial charge in [0.2, 0.25) is 12.3 Å². The third-order valence-electron chi connectivity index (χ3n) is 7.58. The van der Waals surface area contributed by atoms with Crippen LogP contribution in [0, 0.1) is 18.7 Å². The van der Waals surface area contributed by atoms with Crippen molar-refractivity contribution in [1.29, 1.82) is 0 Å². The van der Waals surface area contributed by atoms with Crippen LogP contribution in [0.5, 0.6) is 5.88 Å². The molecule has 1 aromatic carbocycles. The number of ether oxygens (including phenoxy) is 4. The summed E-state index contributed by atoms with van der Waals surface area (Å²) in [6.07, 6.45) is -2.77. The summed E-state index contributed by atoms with van der Waals surface area (Å²) in [6, 6.07) is 2.93. The fourth-order valence-electron chi connectivity index (χ4n) is 5.37. The Morgan fingerprint density at radius 3 is 2.29 bits per heavy atom. The summed E-state index contributed by atoms with van der Waals surface area (Å²) in [5.74, 6) is -1.45. The Morgan fingerprint density at radius 1 is 0.958 bits per heavy atom. The Balaban J connectivity index is 1.55. The number of benzene rings is 1. The molecule has 1 aliphatic carbocycles. The molecule has 2 N–H and O–H groups in total. The van der Waals surface area contributed by atoms with Crippen molar-refractivity contribution < 1.29 is 46.5 Å². The second kappa shape index (κ2) is 13.0. The SMILES string of the molecule is Cc1c(-c2cc3cc(NC(=O)OC4CC(C(F)F)C4)ncc3c(NC(=O)OC(C)(C)C)c2F)cnc2c1N(C(=O)OC(C)(C)C)CCO2. The molecular formula is C33H38F3N5O7. The van der Waals surface area contributed by atoms with E-state index in [4.69, 9.17) is 18.9 Å². The molecule has 2 aliphatic rings. The number of nitrogens with one attached hydrogen (secondary N) is 2. The molecule has 15 heteroatoms. The predicted octanol–water partition coefficient (Wildman–Crippen LogP) is 7.82. The number of amides is 3. The quantitative estimate of drug-likeness (QED) is 0.259. The molecule has 0 bridgehead atoms. The lowest BCUT2D eigenvalue weighted by molar-refractivity contribution is -0.0478. The van der Waals surface area contributed by atoms with Gasteiger partial charge in [-0.25, -0.2) is 37.5 Å². The van der Waals surface area contributed by atoms with E-state index in [9.17, 15) is 23.2 Å². The summed E-state index contributed by atoms with van der Waals surface area (Å²) in [4.78, 5) is 48.5. The van der Waals surface area contributed by atoms with E-state index < -0.39 is 53.7 Å². The van der Waals surface area contributed by atoms with Gasteiger partial charge in [0, 0.05) is 34.8 Å². The largest absolute Gasteiger partial charge is 0.474 e. The molecule has 3 aromatic rings. The molecule has 5 rings (SSSR count). The van der Waals surface area contributed by atoms with Gasteiger partial charge in [-0.1, -0.05) is 0 Å². The summed E-state index contributed by atoms with van der Waals surface area (Å²) in [5, 5.41) is 5.50. The number of rotatable bonds is 5. The van der Waals surface area contributed by atoms with Crippen LogP contribution in [0.25, 0.3) is 21.9 Å². The van der Waals surface area contributed by atoms with E-state index in [1.807, 2.05) is 0 Å². The summed E-state index contributed by atoms with van der Waals surface area (Å²) in [5.41, 5.74) is -0.872. The minimum Gasteiger partial charge on any atom is -0.474 e. The number of anilines is 3. The molecular weight excluding hydrogens is 635 g/mol. The number of fused-ring (bicyclic) bond motifs is 2. The molecule has 1 aliphatic heterocycles. The van der Waals surface area contributed by atoms with Crippen molar-refractivity contribution in [3.63, 3.8) is 0 Å². The maximum atomic E-state index is 16.6. The van der Waals surface area contributed by atoms with Crippen molar-refractivity contribution in [2.75, 3.05) is 28.7 Å². The highest BCUT2D eigenvalue weighted by Gasteiger charge is 2.38. The van der Waals surface area contributed by atoms with Gasteiger partial charge in [-0.15, -0.1) is 0 Å². The van der Waals surface area contributed by atoms with E-state index >= 15 is 4.39 Å². The maximum Gasteiger partial charge on any atom is 0.415 e. The summed E-state index contributed by atoms with van der Waals surface area (Å²) < 4.78 is 64.1. The van der Waals surface area contributed by atoms with E-state index in [0.29, 0.717) is 16.6 Å². The van der Waals surface area contributed by atoms with Crippen LogP contribution in [-0.4, -0.2) is 65.1 Å². The number of hydrogen-bond donors (Lipinski definition) is 2. The first-order chi connectivity index (χ1) is 22.4. The molecule has 12 nitrogen and oxygen atoms in total. The Hall–Kier alpha value is -4.82. The number of alkyl halides is 2. The molecule has 0 radical (unpaired) electrons. The highest BCUT2D eigenvalue weighted by molar-refractivity contribution is 6.05. The van der Waals surface area contributed by atoms with Crippen LogP contribution in [-0.2, 0) is 14.2 Å². The van der Waals surface area contributed by atoms with Crippen LogP contribution < -0.4 is 20.3 Å². The van der Waals surface area contributed by atoms with Gasteiger partial charge in [0.15, 0.2) is 5.82 Å². The predicted molar refractivity (Wildman–Crippen MR) is 171 cm³/mol. The number of nitrogens with zero attached hydrogens (tertiary/aromatic N) is 3. The third kappa shape index (κ3) is 7.66. The minimum atomic E-state index is -2.48. The van der Waals surface area contributed by atoms with Crippen LogP contribution >= 0.6 is 0 Å². The third-order valence-corrected chi connectivity index (χ3v) is 7.58. The van der Waals surface area contributed by atoms with Crippen LogP contribution in [0.15, 0.2) is 24.5 Å². The van der Waals surface area contributed by atoms with Gasteiger partial charge in [0.1, 0.15) is 35.4 Å². The van der Waals surface area contributed by atoms with Crippen LogP contribution in [0.4, 0.5) is 44.7 Å². The first kappa shape index (κ1) is 34.5. The molecule has 0 unspecified atom stereocenters. The maximum absolute atomic E-state index is 16.6. The van der Waals surface area contributed by atoms with Gasteiger partial charge >= 0.3 is 18.3 Å². The van der Waals surface area contributed by atoms with E-state index in [0.717, 1.165) is 0 Å². The van der Waals surface area contributed by atoms with E-state index in [2.05, 4.69) is 20.6 Å². The molecule has 3 heterocycles. The highest BCUT2D eigenvalue weighted by atomic mass is 19.3. The molecule has 1 fully saturated rings. The Kier molecular flexibility index (Phi) is 9.35. The fraction of sp³-hybridized carbons (Fsp3) is 0.485. The van der Waals surface area contributed by atoms with Crippen molar-refractivity contribution in [1.82, 2.24) is 9.97 Å². The zero-order valence-electron chi connectivity index (χ0n) is 27.7. The van der Waals surface area contributed by atoms with Crippen molar-refractivity contribution in [3.8, 4) is 17.0 Å². The van der Waals surface area contributed by atoms with Crippen LogP contribution in [0.2, 0.25) is 0 Å². The van der Waals surface area contributed by atoms with E-state index in [1.165, 1.54) is 29.4 Å². The second-order valence-electron chi connectivity index (χ2n) is 13.7. The number of halogens is 3. The molecule has 1 saturated carbocycles. The molecule has 2 aromatic heterocycles. The van der Waals surface area contributed by atoms with E-state index in [1.54, 1.807) is 48.5 Å². The number of carbonyl (C=O) groups excluding carboxylic acids is 3. The van der Waals surface area contributed by atoms with Crippen molar-refractivity contribution in [2.24, 2.45) is 5.92 Å². The summed E-state index contributed by atoms with van der Waals surface area (Å²) in [6.45, 7) is 12.2. The average molecular weight is 674 g/mol. The Morgan fingerprint density at radius 2 is 1.65 bits per heavy atom. The first-order valence-corrected chi connectivity index (χ1v) is 15.4. The van der Waals surface area contributed by atoms with Gasteiger partial charge in [-0.05, 0) is 84.4 Å². The van der Waals surface area contributed by atoms with E-state index in [-0.39, 0.29) is 59.9 Å². The van der Waals surface area contributed by atoms with Crippen molar-refractivity contribution >= 4 is 46.2 Å². The van der Waals surface area contributed by atoms with Crippen LogP contribution in [0.1, 0.15) is 59.9 Å². The van der Waals surface area contributed by atoms with Gasteiger partial charge < -0.3 is 18.9 Å². The minimum absolute atomic E-state index is 0.00306. The molecule has 3 amide bonds. The monoisotopic (exact) mass is 673 g/mol. The smallest absolute Gasteiger partial charge is 0.415 e. The highest BCUT2D eigenvalue weighted by Crippen LogP contribution is 2.43. The van der Waals surface area contributed by atoms with Gasteiger partial charge in [0.05, 0.1) is 12.2 Å². The lowest BCUT2D eigenvalue weighted by Crippen LogP contribution is -2.42.